The van der Waals surface area contributed by atoms with Crippen LogP contribution >= 0.6 is 23.2 Å². The molecule has 0 radical (unpaired) electrons. The zero-order chi connectivity index (χ0) is 20.7. The summed E-state index contributed by atoms with van der Waals surface area (Å²) in [4.78, 5) is 22.9. The van der Waals surface area contributed by atoms with Crippen molar-refractivity contribution in [2.75, 3.05) is 18.4 Å². The van der Waals surface area contributed by atoms with E-state index in [-0.39, 0.29) is 10.8 Å². The number of carbonyl (C=O) groups is 2. The highest BCUT2D eigenvalue weighted by Crippen LogP contribution is 2.21. The average Bonchev–Trinajstić information content (AvgIpc) is 2.62. The first-order valence-corrected chi connectivity index (χ1v) is 10.5. The molecule has 0 aliphatic rings. The number of anilines is 1. The molecule has 2 amide bonds. The normalized spacial score (nSPS) is 11.1. The second-order valence-electron chi connectivity index (χ2n) is 5.87. The van der Waals surface area contributed by atoms with Gasteiger partial charge in [0.2, 0.25) is 21.8 Å². The predicted octanol–water partition coefficient (Wildman–Crippen LogP) is 2.59. The maximum Gasteiger partial charge on any atom is 0.241 e. The summed E-state index contributed by atoms with van der Waals surface area (Å²) in [5, 5.41) is 6.20. The Morgan fingerprint density at radius 3 is 2.32 bits per heavy atom. The molecule has 10 heteroatoms. The van der Waals surface area contributed by atoms with E-state index in [0.29, 0.717) is 28.7 Å². The molecule has 0 saturated carbocycles. The van der Waals surface area contributed by atoms with Crippen LogP contribution in [-0.2, 0) is 26.0 Å². The fourth-order valence-electron chi connectivity index (χ4n) is 2.29. The summed E-state index contributed by atoms with van der Waals surface area (Å²) in [5.41, 5.74) is 1.30. The summed E-state index contributed by atoms with van der Waals surface area (Å²) in [5.74, 6) is -0.728. The van der Waals surface area contributed by atoms with Gasteiger partial charge in [-0.1, -0.05) is 29.3 Å². The lowest BCUT2D eigenvalue weighted by Gasteiger charge is -2.09. The minimum Gasteiger partial charge on any atom is -0.355 e. The molecule has 0 unspecified atom stereocenters. The van der Waals surface area contributed by atoms with Crippen LogP contribution in [0.15, 0.2) is 47.4 Å². The van der Waals surface area contributed by atoms with Gasteiger partial charge < -0.3 is 10.6 Å². The molecule has 28 heavy (non-hydrogen) atoms. The fourth-order valence-corrected chi connectivity index (χ4v) is 3.77. The van der Waals surface area contributed by atoms with Crippen molar-refractivity contribution in [1.29, 1.82) is 0 Å². The molecule has 3 N–H and O–H groups in total. The number of amides is 2. The van der Waals surface area contributed by atoms with Gasteiger partial charge in [-0.2, -0.15) is 0 Å². The molecule has 0 fully saturated rings. The van der Waals surface area contributed by atoms with E-state index in [1.165, 1.54) is 31.2 Å². The first-order chi connectivity index (χ1) is 13.2. The average molecular weight is 444 g/mol. The number of hydrogen-bond acceptors (Lipinski definition) is 4. The van der Waals surface area contributed by atoms with Crippen LogP contribution in [0.4, 0.5) is 5.69 Å². The highest BCUT2D eigenvalue weighted by Gasteiger charge is 2.15. The summed E-state index contributed by atoms with van der Waals surface area (Å²) in [7, 11) is -3.85. The van der Waals surface area contributed by atoms with E-state index in [1.54, 1.807) is 18.2 Å². The molecule has 0 saturated heterocycles. The van der Waals surface area contributed by atoms with E-state index in [2.05, 4.69) is 15.4 Å². The summed E-state index contributed by atoms with van der Waals surface area (Å²) in [6, 6.07) is 10.7. The molecule has 2 aromatic carbocycles. The van der Waals surface area contributed by atoms with Gasteiger partial charge in [0.25, 0.3) is 0 Å². The third-order valence-electron chi connectivity index (χ3n) is 3.64. The standard InChI is InChI=1S/C18H19Cl2N3O4S/c1-12(24)23-15-4-6-16(7-5-15)28(26,27)22-11-18(25)21-9-8-13-2-3-14(19)10-17(13)20/h2-7,10,22H,8-9,11H2,1H3,(H,21,25)(H,23,24). The van der Waals surface area contributed by atoms with Crippen molar-refractivity contribution in [2.45, 2.75) is 18.2 Å². The number of hydrogen-bond donors (Lipinski definition) is 3. The molecule has 0 aromatic heterocycles. The Morgan fingerprint density at radius 1 is 1.04 bits per heavy atom. The van der Waals surface area contributed by atoms with Crippen molar-refractivity contribution in [3.05, 3.63) is 58.1 Å². The molecule has 2 aromatic rings. The van der Waals surface area contributed by atoms with E-state index in [9.17, 15) is 18.0 Å². The lowest BCUT2D eigenvalue weighted by molar-refractivity contribution is -0.120. The summed E-state index contributed by atoms with van der Waals surface area (Å²) >= 11 is 11.9. The first-order valence-electron chi connectivity index (χ1n) is 8.25. The van der Waals surface area contributed by atoms with Gasteiger partial charge in [0, 0.05) is 29.2 Å². The first kappa shape index (κ1) is 22.2. The number of sulfonamides is 1. The van der Waals surface area contributed by atoms with Crippen LogP contribution in [0.2, 0.25) is 10.0 Å². The van der Waals surface area contributed by atoms with Crippen LogP contribution in [0.1, 0.15) is 12.5 Å². The molecule has 7 nitrogen and oxygen atoms in total. The predicted molar refractivity (Wildman–Crippen MR) is 109 cm³/mol. The van der Waals surface area contributed by atoms with Crippen LogP contribution in [0.25, 0.3) is 0 Å². The van der Waals surface area contributed by atoms with Crippen molar-refractivity contribution in [1.82, 2.24) is 10.0 Å². The zero-order valence-corrected chi connectivity index (χ0v) is 17.3. The summed E-state index contributed by atoms with van der Waals surface area (Å²) in [6.45, 7) is 1.25. The van der Waals surface area contributed by atoms with Crippen molar-refractivity contribution in [3.8, 4) is 0 Å². The van der Waals surface area contributed by atoms with Gasteiger partial charge in [-0.05, 0) is 48.4 Å². The molecule has 150 valence electrons. The topological polar surface area (TPSA) is 104 Å². The number of benzene rings is 2. The SMILES string of the molecule is CC(=O)Nc1ccc(S(=O)(=O)NCC(=O)NCCc2ccc(Cl)cc2Cl)cc1. The van der Waals surface area contributed by atoms with Crippen LogP contribution in [0.3, 0.4) is 0 Å². The number of carbonyl (C=O) groups excluding carboxylic acids is 2. The van der Waals surface area contributed by atoms with E-state index in [1.807, 2.05) is 0 Å². The summed E-state index contributed by atoms with van der Waals surface area (Å²) < 4.78 is 26.7. The lowest BCUT2D eigenvalue weighted by Crippen LogP contribution is -2.37. The molecular formula is C18H19Cl2N3O4S. The van der Waals surface area contributed by atoms with E-state index < -0.39 is 22.5 Å². The van der Waals surface area contributed by atoms with Gasteiger partial charge >= 0.3 is 0 Å². The Hall–Kier alpha value is -2.13. The minimum absolute atomic E-state index is 0.0117. The molecule has 2 rings (SSSR count). The second-order valence-corrected chi connectivity index (χ2v) is 8.48. The van der Waals surface area contributed by atoms with Gasteiger partial charge in [-0.3, -0.25) is 9.59 Å². The number of halogens is 2. The maximum atomic E-state index is 12.2. The molecule has 0 bridgehead atoms. The van der Waals surface area contributed by atoms with Crippen LogP contribution in [0, 0.1) is 0 Å². The van der Waals surface area contributed by atoms with E-state index >= 15 is 0 Å². The molecule has 0 aliphatic carbocycles. The van der Waals surface area contributed by atoms with Crippen molar-refractivity contribution in [3.63, 3.8) is 0 Å². The Labute approximate surface area is 173 Å². The Kier molecular flexibility index (Phi) is 7.82. The highest BCUT2D eigenvalue weighted by molar-refractivity contribution is 7.89. The summed E-state index contributed by atoms with van der Waals surface area (Å²) in [6.07, 6.45) is 0.485. The van der Waals surface area contributed by atoms with Gasteiger partial charge in [0.05, 0.1) is 11.4 Å². The van der Waals surface area contributed by atoms with Crippen LogP contribution in [-0.4, -0.2) is 33.3 Å². The molecular weight excluding hydrogens is 425 g/mol. The van der Waals surface area contributed by atoms with Gasteiger partial charge in [-0.25, -0.2) is 13.1 Å². The highest BCUT2D eigenvalue weighted by atomic mass is 35.5. The smallest absolute Gasteiger partial charge is 0.241 e. The third kappa shape index (κ3) is 6.79. The van der Waals surface area contributed by atoms with Gasteiger partial charge in [0.1, 0.15) is 0 Å². The molecule has 0 heterocycles. The number of rotatable bonds is 8. The fraction of sp³-hybridized carbons (Fsp3) is 0.222. The monoisotopic (exact) mass is 443 g/mol. The van der Waals surface area contributed by atoms with E-state index in [4.69, 9.17) is 23.2 Å². The Balaban J connectivity index is 1.83. The second kappa shape index (κ2) is 9.88. The molecule has 0 atom stereocenters. The van der Waals surface area contributed by atoms with Crippen molar-refractivity contribution < 1.29 is 18.0 Å². The van der Waals surface area contributed by atoms with Gasteiger partial charge in [-0.15, -0.1) is 0 Å². The molecule has 0 aliphatic heterocycles. The van der Waals surface area contributed by atoms with Crippen molar-refractivity contribution >= 4 is 50.7 Å². The Morgan fingerprint density at radius 2 is 1.71 bits per heavy atom. The largest absolute Gasteiger partial charge is 0.355 e. The van der Waals surface area contributed by atoms with Gasteiger partial charge in [0.15, 0.2) is 0 Å². The number of nitrogens with one attached hydrogen (secondary N) is 3. The maximum absolute atomic E-state index is 12.2. The van der Waals surface area contributed by atoms with Crippen LogP contribution < -0.4 is 15.4 Å². The zero-order valence-electron chi connectivity index (χ0n) is 15.0. The van der Waals surface area contributed by atoms with E-state index in [0.717, 1.165) is 5.56 Å². The van der Waals surface area contributed by atoms with Crippen molar-refractivity contribution in [2.24, 2.45) is 0 Å². The third-order valence-corrected chi connectivity index (χ3v) is 5.64. The quantitative estimate of drug-likeness (QED) is 0.582. The van der Waals surface area contributed by atoms with Crippen LogP contribution in [0.5, 0.6) is 0 Å². The minimum atomic E-state index is -3.85. The lowest BCUT2D eigenvalue weighted by atomic mass is 10.1. The molecule has 0 spiro atoms. The Bertz CT molecular complexity index is 963.